The van der Waals surface area contributed by atoms with Crippen LogP contribution < -0.4 is 0 Å². The second-order valence-electron chi connectivity index (χ2n) is 5.10. The zero-order valence-electron chi connectivity index (χ0n) is 11.8. The Labute approximate surface area is 132 Å². The van der Waals surface area contributed by atoms with Gasteiger partial charge in [0, 0.05) is 23.9 Å². The normalized spacial score (nSPS) is 21.4. The fourth-order valence-corrected chi connectivity index (χ4v) is 2.98. The number of hydrogen-bond donors (Lipinski definition) is 1. The SMILES string of the molecule is COC(=O)C1CC(O)CN1C(=O)CCc1cccc(Br)c1. The van der Waals surface area contributed by atoms with Gasteiger partial charge in [-0.2, -0.15) is 0 Å². The van der Waals surface area contributed by atoms with E-state index in [2.05, 4.69) is 15.9 Å². The first-order valence-electron chi connectivity index (χ1n) is 6.81. The largest absolute Gasteiger partial charge is 0.467 e. The smallest absolute Gasteiger partial charge is 0.328 e. The number of nitrogens with zero attached hydrogens (tertiary/aromatic N) is 1. The van der Waals surface area contributed by atoms with Crippen LogP contribution in [0, 0.1) is 0 Å². The second kappa shape index (κ2) is 7.04. The van der Waals surface area contributed by atoms with Crippen LogP contribution in [0.25, 0.3) is 0 Å². The molecule has 1 amide bonds. The molecule has 1 saturated heterocycles. The Morgan fingerprint density at radius 2 is 2.24 bits per heavy atom. The summed E-state index contributed by atoms with van der Waals surface area (Å²) in [7, 11) is 1.29. The van der Waals surface area contributed by atoms with E-state index in [1.165, 1.54) is 12.0 Å². The van der Waals surface area contributed by atoms with Crippen LogP contribution in [-0.2, 0) is 20.7 Å². The average molecular weight is 356 g/mol. The molecule has 5 nitrogen and oxygen atoms in total. The summed E-state index contributed by atoms with van der Waals surface area (Å²) in [5, 5.41) is 9.68. The number of aryl methyl sites for hydroxylation is 1. The van der Waals surface area contributed by atoms with E-state index in [-0.39, 0.29) is 18.9 Å². The Hall–Kier alpha value is -1.40. The molecule has 0 aliphatic carbocycles. The van der Waals surface area contributed by atoms with Crippen molar-refractivity contribution in [2.75, 3.05) is 13.7 Å². The highest BCUT2D eigenvalue weighted by molar-refractivity contribution is 9.10. The summed E-state index contributed by atoms with van der Waals surface area (Å²) in [5.74, 6) is -0.607. The third kappa shape index (κ3) is 4.04. The quantitative estimate of drug-likeness (QED) is 0.831. The third-order valence-electron chi connectivity index (χ3n) is 3.59. The molecule has 1 aliphatic rings. The first-order valence-corrected chi connectivity index (χ1v) is 7.60. The first-order chi connectivity index (χ1) is 10.0. The molecule has 0 aromatic heterocycles. The van der Waals surface area contributed by atoms with E-state index >= 15 is 0 Å². The standard InChI is InChI=1S/C15H18BrNO4/c1-21-15(20)13-8-12(18)9-17(13)14(19)6-5-10-3-2-4-11(16)7-10/h2-4,7,12-13,18H,5-6,8-9H2,1H3. The number of ether oxygens (including phenoxy) is 1. The van der Waals surface area contributed by atoms with Gasteiger partial charge in [0.1, 0.15) is 6.04 Å². The molecular weight excluding hydrogens is 338 g/mol. The van der Waals surface area contributed by atoms with Crippen LogP contribution in [0.4, 0.5) is 0 Å². The maximum Gasteiger partial charge on any atom is 0.328 e. The van der Waals surface area contributed by atoms with Crippen molar-refractivity contribution in [2.45, 2.75) is 31.4 Å². The fraction of sp³-hybridized carbons (Fsp3) is 0.467. The molecule has 0 spiro atoms. The molecule has 1 N–H and O–H groups in total. The number of carbonyl (C=O) groups excluding carboxylic acids is 2. The van der Waals surface area contributed by atoms with Crippen molar-refractivity contribution in [3.05, 3.63) is 34.3 Å². The van der Waals surface area contributed by atoms with Gasteiger partial charge in [0.15, 0.2) is 0 Å². The number of likely N-dealkylation sites (tertiary alicyclic amines) is 1. The molecule has 1 heterocycles. The Bertz CT molecular complexity index is 534. The van der Waals surface area contributed by atoms with Crippen LogP contribution in [0.2, 0.25) is 0 Å². The van der Waals surface area contributed by atoms with Gasteiger partial charge in [-0.25, -0.2) is 4.79 Å². The third-order valence-corrected chi connectivity index (χ3v) is 4.08. The summed E-state index contributed by atoms with van der Waals surface area (Å²) in [4.78, 5) is 25.4. The lowest BCUT2D eigenvalue weighted by Gasteiger charge is -2.22. The number of aliphatic hydroxyl groups excluding tert-OH is 1. The van der Waals surface area contributed by atoms with Crippen LogP contribution in [0.1, 0.15) is 18.4 Å². The number of aliphatic hydroxyl groups is 1. The predicted molar refractivity (Wildman–Crippen MR) is 80.6 cm³/mol. The van der Waals surface area contributed by atoms with Gasteiger partial charge in [-0.05, 0) is 24.1 Å². The lowest BCUT2D eigenvalue weighted by atomic mass is 10.1. The monoisotopic (exact) mass is 355 g/mol. The summed E-state index contributed by atoms with van der Waals surface area (Å²) < 4.78 is 5.66. The van der Waals surface area contributed by atoms with Gasteiger partial charge in [0.25, 0.3) is 0 Å². The molecule has 6 heteroatoms. The Morgan fingerprint density at radius 3 is 2.90 bits per heavy atom. The molecule has 1 fully saturated rings. The molecular formula is C15H18BrNO4. The van der Waals surface area contributed by atoms with E-state index in [0.717, 1.165) is 10.0 Å². The first kappa shape index (κ1) is 16.0. The zero-order chi connectivity index (χ0) is 15.4. The number of hydrogen-bond acceptors (Lipinski definition) is 4. The summed E-state index contributed by atoms with van der Waals surface area (Å²) in [5.41, 5.74) is 1.05. The Kier molecular flexibility index (Phi) is 5.36. The highest BCUT2D eigenvalue weighted by Gasteiger charge is 2.39. The highest BCUT2D eigenvalue weighted by atomic mass is 79.9. The van der Waals surface area contributed by atoms with Crippen molar-refractivity contribution in [1.29, 1.82) is 0 Å². The van der Waals surface area contributed by atoms with Gasteiger partial charge in [-0.3, -0.25) is 4.79 Å². The number of amides is 1. The highest BCUT2D eigenvalue weighted by Crippen LogP contribution is 2.21. The number of halogens is 1. The number of β-amino-alcohol motifs (C(OH)–C–C–N with tert-alkyl or cyclic N) is 1. The molecule has 0 radical (unpaired) electrons. The lowest BCUT2D eigenvalue weighted by Crippen LogP contribution is -2.41. The number of methoxy groups -OCH3 is 1. The molecule has 2 rings (SSSR count). The Morgan fingerprint density at radius 1 is 1.48 bits per heavy atom. The zero-order valence-corrected chi connectivity index (χ0v) is 13.4. The van der Waals surface area contributed by atoms with Crippen LogP contribution in [0.15, 0.2) is 28.7 Å². The van der Waals surface area contributed by atoms with Gasteiger partial charge >= 0.3 is 5.97 Å². The number of esters is 1. The Balaban J connectivity index is 1.97. The molecule has 1 aliphatic heterocycles. The summed E-state index contributed by atoms with van der Waals surface area (Å²) in [6.45, 7) is 0.192. The van der Waals surface area contributed by atoms with Gasteiger partial charge in [0.2, 0.25) is 5.91 Å². The second-order valence-corrected chi connectivity index (χ2v) is 6.02. The minimum atomic E-state index is -0.667. The topological polar surface area (TPSA) is 66.8 Å². The minimum absolute atomic E-state index is 0.137. The predicted octanol–water partition coefficient (Wildman–Crippen LogP) is 1.52. The van der Waals surface area contributed by atoms with Gasteiger partial charge < -0.3 is 14.7 Å². The van der Waals surface area contributed by atoms with Crippen molar-refractivity contribution in [3.8, 4) is 0 Å². The fourth-order valence-electron chi connectivity index (χ4n) is 2.54. The van der Waals surface area contributed by atoms with Crippen LogP contribution in [0.5, 0.6) is 0 Å². The van der Waals surface area contributed by atoms with E-state index in [4.69, 9.17) is 4.74 Å². The van der Waals surface area contributed by atoms with Gasteiger partial charge in [-0.15, -0.1) is 0 Å². The minimum Gasteiger partial charge on any atom is -0.467 e. The lowest BCUT2D eigenvalue weighted by molar-refractivity contribution is -0.150. The molecule has 21 heavy (non-hydrogen) atoms. The molecule has 2 atom stereocenters. The van der Waals surface area contributed by atoms with E-state index in [1.807, 2.05) is 24.3 Å². The van der Waals surface area contributed by atoms with E-state index in [0.29, 0.717) is 12.8 Å². The van der Waals surface area contributed by atoms with Crippen LogP contribution in [-0.4, -0.2) is 47.7 Å². The van der Waals surface area contributed by atoms with Crippen molar-refractivity contribution < 1.29 is 19.4 Å². The van der Waals surface area contributed by atoms with Crippen molar-refractivity contribution in [3.63, 3.8) is 0 Å². The molecule has 2 unspecified atom stereocenters. The average Bonchev–Trinajstić information content (AvgIpc) is 2.86. The maximum atomic E-state index is 12.3. The molecule has 114 valence electrons. The van der Waals surface area contributed by atoms with E-state index in [9.17, 15) is 14.7 Å². The number of carbonyl (C=O) groups is 2. The number of rotatable bonds is 4. The van der Waals surface area contributed by atoms with E-state index in [1.54, 1.807) is 0 Å². The van der Waals surface area contributed by atoms with Gasteiger partial charge in [-0.1, -0.05) is 28.1 Å². The van der Waals surface area contributed by atoms with E-state index < -0.39 is 18.1 Å². The van der Waals surface area contributed by atoms with Crippen molar-refractivity contribution >= 4 is 27.8 Å². The summed E-state index contributed by atoms with van der Waals surface area (Å²) in [6, 6.07) is 7.09. The molecule has 1 aromatic rings. The van der Waals surface area contributed by atoms with Gasteiger partial charge in [0.05, 0.1) is 13.2 Å². The van der Waals surface area contributed by atoms with Crippen molar-refractivity contribution in [1.82, 2.24) is 4.90 Å². The van der Waals surface area contributed by atoms with Crippen LogP contribution >= 0.6 is 15.9 Å². The van der Waals surface area contributed by atoms with Crippen molar-refractivity contribution in [2.24, 2.45) is 0 Å². The molecule has 0 bridgehead atoms. The summed E-state index contributed by atoms with van der Waals surface area (Å²) in [6.07, 6.45) is 0.481. The van der Waals surface area contributed by atoms with Crippen LogP contribution in [0.3, 0.4) is 0 Å². The maximum absolute atomic E-state index is 12.3. The number of benzene rings is 1. The molecule has 0 saturated carbocycles. The summed E-state index contributed by atoms with van der Waals surface area (Å²) >= 11 is 3.39. The molecule has 1 aromatic carbocycles.